The summed E-state index contributed by atoms with van der Waals surface area (Å²) in [5.74, 6) is 1.03. The smallest absolute Gasteiger partial charge is 0.250 e. The van der Waals surface area contributed by atoms with Crippen LogP contribution in [0.4, 0.5) is 5.82 Å². The number of aryl methyl sites for hydroxylation is 1. The van der Waals surface area contributed by atoms with Crippen LogP contribution in [0.25, 0.3) is 0 Å². The van der Waals surface area contributed by atoms with Crippen LogP contribution in [0.5, 0.6) is 5.75 Å². The molecule has 144 valence electrons. The van der Waals surface area contributed by atoms with Gasteiger partial charge in [-0.1, -0.05) is 18.2 Å². The van der Waals surface area contributed by atoms with Gasteiger partial charge in [0.1, 0.15) is 11.8 Å². The molecule has 1 aromatic carbocycles. The molecule has 1 fully saturated rings. The van der Waals surface area contributed by atoms with E-state index < -0.39 is 6.04 Å². The molecule has 3 rings (SSSR count). The summed E-state index contributed by atoms with van der Waals surface area (Å²) in [6.45, 7) is 4.51. The Balaban J connectivity index is 1.65. The average Bonchev–Trinajstić information content (AvgIpc) is 3.04. The molecule has 7 nitrogen and oxygen atoms in total. The highest BCUT2D eigenvalue weighted by Crippen LogP contribution is 2.21. The van der Waals surface area contributed by atoms with E-state index in [1.165, 1.54) is 0 Å². The molecule has 0 saturated carbocycles. The molecule has 7 heteroatoms. The van der Waals surface area contributed by atoms with Crippen molar-refractivity contribution in [2.45, 2.75) is 45.3 Å². The highest BCUT2D eigenvalue weighted by Gasteiger charge is 2.31. The maximum Gasteiger partial charge on any atom is 0.250 e. The van der Waals surface area contributed by atoms with Gasteiger partial charge in [0.25, 0.3) is 5.91 Å². The van der Waals surface area contributed by atoms with Crippen LogP contribution in [0.2, 0.25) is 0 Å². The van der Waals surface area contributed by atoms with Crippen LogP contribution in [0.1, 0.15) is 32.3 Å². The zero-order valence-corrected chi connectivity index (χ0v) is 16.0. The Morgan fingerprint density at radius 3 is 2.81 bits per heavy atom. The molecule has 1 saturated heterocycles. The molecule has 0 aliphatic carbocycles. The van der Waals surface area contributed by atoms with Crippen molar-refractivity contribution in [2.75, 3.05) is 11.4 Å². The van der Waals surface area contributed by atoms with Crippen LogP contribution in [-0.4, -0.2) is 40.3 Å². The Labute approximate surface area is 159 Å². The minimum Gasteiger partial charge on any atom is -0.491 e. The summed E-state index contributed by atoms with van der Waals surface area (Å²) < 4.78 is 7.43. The van der Waals surface area contributed by atoms with Crippen LogP contribution in [0.15, 0.2) is 36.5 Å². The zero-order chi connectivity index (χ0) is 19.4. The van der Waals surface area contributed by atoms with E-state index in [9.17, 15) is 9.59 Å². The van der Waals surface area contributed by atoms with Crippen molar-refractivity contribution in [1.29, 1.82) is 0 Å². The molecule has 1 aromatic heterocycles. The number of para-hydroxylation sites is 1. The fourth-order valence-corrected chi connectivity index (χ4v) is 3.22. The third-order valence-corrected chi connectivity index (χ3v) is 4.44. The molecule has 0 radical (unpaired) electrons. The number of nitrogens with one attached hydrogen (secondary N) is 1. The molecule has 2 aromatic rings. The zero-order valence-electron chi connectivity index (χ0n) is 16.0. The number of rotatable bonds is 6. The van der Waals surface area contributed by atoms with Gasteiger partial charge in [0.2, 0.25) is 5.91 Å². The lowest BCUT2D eigenvalue weighted by molar-refractivity contribution is -0.128. The van der Waals surface area contributed by atoms with Crippen molar-refractivity contribution >= 4 is 17.6 Å². The van der Waals surface area contributed by atoms with Crippen LogP contribution >= 0.6 is 0 Å². The van der Waals surface area contributed by atoms with Gasteiger partial charge in [-0.15, -0.1) is 0 Å². The molecular weight excluding hydrogens is 344 g/mol. The fourth-order valence-electron chi connectivity index (χ4n) is 3.22. The lowest BCUT2D eigenvalue weighted by Gasteiger charge is -2.31. The number of piperidine rings is 1. The molecule has 2 amide bonds. The summed E-state index contributed by atoms with van der Waals surface area (Å²) >= 11 is 0. The normalized spacial score (nSPS) is 17.3. The molecule has 1 unspecified atom stereocenters. The average molecular weight is 370 g/mol. The van der Waals surface area contributed by atoms with Crippen LogP contribution in [-0.2, 0) is 23.1 Å². The third-order valence-electron chi connectivity index (χ3n) is 4.44. The molecule has 1 aliphatic rings. The number of ether oxygens (including phenoxy) is 1. The van der Waals surface area contributed by atoms with E-state index in [1.807, 2.05) is 51.2 Å². The number of hydrogen-bond acceptors (Lipinski definition) is 4. The predicted molar refractivity (Wildman–Crippen MR) is 103 cm³/mol. The van der Waals surface area contributed by atoms with E-state index in [0.717, 1.165) is 12.0 Å². The number of carbonyl (C=O) groups is 2. The number of aromatic nitrogens is 2. The van der Waals surface area contributed by atoms with Crippen LogP contribution in [0, 0.1) is 0 Å². The monoisotopic (exact) mass is 370 g/mol. The lowest BCUT2D eigenvalue weighted by Crippen LogP contribution is -2.52. The maximum absolute atomic E-state index is 12.8. The lowest BCUT2D eigenvalue weighted by atomic mass is 10.0. The van der Waals surface area contributed by atoms with Gasteiger partial charge in [-0.05, 0) is 32.8 Å². The van der Waals surface area contributed by atoms with Crippen molar-refractivity contribution in [3.8, 4) is 5.75 Å². The number of amides is 2. The first kappa shape index (κ1) is 18.9. The van der Waals surface area contributed by atoms with Gasteiger partial charge in [-0.3, -0.25) is 19.2 Å². The van der Waals surface area contributed by atoms with E-state index in [4.69, 9.17) is 4.74 Å². The van der Waals surface area contributed by atoms with Crippen LogP contribution < -0.4 is 15.0 Å². The molecule has 1 aliphatic heterocycles. The summed E-state index contributed by atoms with van der Waals surface area (Å²) in [4.78, 5) is 27.0. The van der Waals surface area contributed by atoms with E-state index in [1.54, 1.807) is 15.8 Å². The van der Waals surface area contributed by atoms with Gasteiger partial charge < -0.3 is 10.1 Å². The molecule has 27 heavy (non-hydrogen) atoms. The van der Waals surface area contributed by atoms with Gasteiger partial charge in [-0.25, -0.2) is 0 Å². The highest BCUT2D eigenvalue weighted by atomic mass is 16.5. The van der Waals surface area contributed by atoms with E-state index in [2.05, 4.69) is 10.4 Å². The minimum absolute atomic E-state index is 0.0288. The van der Waals surface area contributed by atoms with Crippen molar-refractivity contribution in [3.05, 3.63) is 42.1 Å². The molecule has 1 atom stereocenters. The third kappa shape index (κ3) is 4.67. The second kappa shape index (κ2) is 8.24. The van der Waals surface area contributed by atoms with Crippen molar-refractivity contribution in [1.82, 2.24) is 15.1 Å². The Hall–Kier alpha value is -2.83. The first-order valence-corrected chi connectivity index (χ1v) is 9.29. The molecule has 2 heterocycles. The van der Waals surface area contributed by atoms with E-state index in [-0.39, 0.29) is 24.3 Å². The van der Waals surface area contributed by atoms with Crippen molar-refractivity contribution < 1.29 is 14.3 Å². The van der Waals surface area contributed by atoms with Gasteiger partial charge in [-0.2, -0.15) is 5.10 Å². The summed E-state index contributed by atoms with van der Waals surface area (Å²) in [5, 5.41) is 7.18. The number of carbonyl (C=O) groups excluding carboxylic acids is 2. The Kier molecular flexibility index (Phi) is 5.78. The minimum atomic E-state index is -0.522. The maximum atomic E-state index is 12.8. The fraction of sp³-hybridized carbons (Fsp3) is 0.450. The number of anilines is 1. The first-order valence-electron chi connectivity index (χ1n) is 9.29. The number of hydrogen-bond donors (Lipinski definition) is 1. The standard InChI is InChI=1S/C20H26N4O3/c1-14(2)27-17-9-5-4-7-15(17)13-19(25)21-16-8-6-11-24(20(16)26)18-10-12-23(3)22-18/h4-5,7,9-10,12,14,16H,6,8,11,13H2,1-3H3,(H,21,25). The van der Waals surface area contributed by atoms with E-state index >= 15 is 0 Å². The highest BCUT2D eigenvalue weighted by molar-refractivity contribution is 5.99. The van der Waals surface area contributed by atoms with Gasteiger partial charge >= 0.3 is 0 Å². The second-order valence-electron chi connectivity index (χ2n) is 7.05. The summed E-state index contributed by atoms with van der Waals surface area (Å²) in [5.41, 5.74) is 0.813. The van der Waals surface area contributed by atoms with Crippen molar-refractivity contribution in [3.63, 3.8) is 0 Å². The largest absolute Gasteiger partial charge is 0.491 e. The Bertz CT molecular complexity index is 815. The topological polar surface area (TPSA) is 76.5 Å². The Morgan fingerprint density at radius 2 is 2.11 bits per heavy atom. The molecule has 0 spiro atoms. The van der Waals surface area contributed by atoms with E-state index in [0.29, 0.717) is 24.5 Å². The second-order valence-corrected chi connectivity index (χ2v) is 7.05. The first-order chi connectivity index (χ1) is 12.9. The number of nitrogens with zero attached hydrogens (tertiary/aromatic N) is 3. The van der Waals surface area contributed by atoms with Gasteiger partial charge in [0, 0.05) is 31.4 Å². The molecular formula is C20H26N4O3. The molecule has 1 N–H and O–H groups in total. The quantitative estimate of drug-likeness (QED) is 0.844. The summed E-state index contributed by atoms with van der Waals surface area (Å²) in [6.07, 6.45) is 3.46. The Morgan fingerprint density at radius 1 is 1.33 bits per heavy atom. The summed E-state index contributed by atoms with van der Waals surface area (Å²) in [6, 6.07) is 8.78. The van der Waals surface area contributed by atoms with Gasteiger partial charge in [0.15, 0.2) is 5.82 Å². The number of benzene rings is 1. The SMILES string of the molecule is CC(C)Oc1ccccc1CC(=O)NC1CCCN(c2ccn(C)n2)C1=O. The summed E-state index contributed by atoms with van der Waals surface area (Å²) in [7, 11) is 1.81. The van der Waals surface area contributed by atoms with Crippen molar-refractivity contribution in [2.24, 2.45) is 7.05 Å². The van der Waals surface area contributed by atoms with Gasteiger partial charge in [0.05, 0.1) is 12.5 Å². The predicted octanol–water partition coefficient (Wildman–Crippen LogP) is 2.06. The molecule has 0 bridgehead atoms. The van der Waals surface area contributed by atoms with Crippen LogP contribution in [0.3, 0.4) is 0 Å².